The molecule has 1 aliphatic rings. The molecule has 1 aromatic carbocycles. The average molecular weight is 249 g/mol. The van der Waals surface area contributed by atoms with Crippen LogP contribution in [0.5, 0.6) is 0 Å². The Bertz CT molecular complexity index is 458. The topological polar surface area (TPSA) is 53.1 Å². The molecule has 0 saturated carbocycles. The summed E-state index contributed by atoms with van der Waals surface area (Å²) in [6, 6.07) is 5.06. The summed E-state index contributed by atoms with van der Waals surface area (Å²) >= 11 is 0. The van der Waals surface area contributed by atoms with Gasteiger partial charge in [-0.25, -0.2) is 4.39 Å². The van der Waals surface area contributed by atoms with E-state index in [2.05, 4.69) is 18.7 Å². The molecule has 0 bridgehead atoms. The van der Waals surface area contributed by atoms with Gasteiger partial charge < -0.3 is 5.73 Å². The molecule has 0 amide bonds. The summed E-state index contributed by atoms with van der Waals surface area (Å²) < 4.78 is 13.2. The molecule has 1 saturated heterocycles. The Labute approximate surface area is 107 Å². The largest absolute Gasteiger partial charge is 0.384 e. The average Bonchev–Trinajstić information content (AvgIpc) is 2.60. The number of nitrogens with two attached hydrogens (primary N) is 1. The lowest BCUT2D eigenvalue weighted by molar-refractivity contribution is 0.256. The van der Waals surface area contributed by atoms with Crippen molar-refractivity contribution >= 4 is 5.84 Å². The minimum absolute atomic E-state index is 0.0654. The van der Waals surface area contributed by atoms with Crippen molar-refractivity contribution in [2.24, 2.45) is 11.7 Å². The molecular formula is C14H20FN3. The summed E-state index contributed by atoms with van der Waals surface area (Å²) in [6.07, 6.45) is 1.19. The van der Waals surface area contributed by atoms with Gasteiger partial charge in [0.05, 0.1) is 0 Å². The molecule has 2 atom stereocenters. The number of amidine groups is 1. The zero-order chi connectivity index (χ0) is 13.3. The van der Waals surface area contributed by atoms with Crippen molar-refractivity contribution in [3.8, 4) is 0 Å². The fourth-order valence-electron chi connectivity index (χ4n) is 2.76. The van der Waals surface area contributed by atoms with Gasteiger partial charge in [0.25, 0.3) is 0 Å². The van der Waals surface area contributed by atoms with Gasteiger partial charge in [-0.1, -0.05) is 13.0 Å². The molecule has 3 nitrogen and oxygen atoms in total. The van der Waals surface area contributed by atoms with E-state index in [1.807, 2.05) is 0 Å². The number of rotatable bonds is 3. The molecule has 0 aromatic heterocycles. The van der Waals surface area contributed by atoms with Crippen LogP contribution in [0.15, 0.2) is 18.2 Å². The highest BCUT2D eigenvalue weighted by molar-refractivity contribution is 5.96. The van der Waals surface area contributed by atoms with Crippen LogP contribution < -0.4 is 5.73 Å². The van der Waals surface area contributed by atoms with Gasteiger partial charge in [0.1, 0.15) is 11.7 Å². The molecule has 3 N–H and O–H groups in total. The smallest absolute Gasteiger partial charge is 0.123 e. The van der Waals surface area contributed by atoms with Crippen molar-refractivity contribution < 1.29 is 4.39 Å². The van der Waals surface area contributed by atoms with Gasteiger partial charge in [-0.05, 0) is 37.0 Å². The Morgan fingerprint density at radius 3 is 2.78 bits per heavy atom. The van der Waals surface area contributed by atoms with Crippen LogP contribution in [0.1, 0.15) is 31.4 Å². The third-order valence-corrected chi connectivity index (χ3v) is 3.65. The van der Waals surface area contributed by atoms with Crippen LogP contribution in [0.4, 0.5) is 4.39 Å². The van der Waals surface area contributed by atoms with E-state index in [1.54, 1.807) is 6.07 Å². The zero-order valence-electron chi connectivity index (χ0n) is 10.9. The number of nitrogen functional groups attached to an aromatic ring is 1. The van der Waals surface area contributed by atoms with E-state index in [1.165, 1.54) is 18.6 Å². The number of halogens is 1. The maximum atomic E-state index is 13.2. The van der Waals surface area contributed by atoms with Gasteiger partial charge in [0.2, 0.25) is 0 Å². The number of hydrogen-bond donors (Lipinski definition) is 2. The highest BCUT2D eigenvalue weighted by Crippen LogP contribution is 2.25. The lowest BCUT2D eigenvalue weighted by Crippen LogP contribution is -2.28. The molecule has 1 aliphatic heterocycles. The van der Waals surface area contributed by atoms with Crippen molar-refractivity contribution in [2.75, 3.05) is 6.54 Å². The second-order valence-corrected chi connectivity index (χ2v) is 5.33. The van der Waals surface area contributed by atoms with Gasteiger partial charge in [-0.2, -0.15) is 0 Å². The molecule has 18 heavy (non-hydrogen) atoms. The Morgan fingerprint density at radius 1 is 1.50 bits per heavy atom. The van der Waals surface area contributed by atoms with Gasteiger partial charge in [-0.15, -0.1) is 0 Å². The number of benzene rings is 1. The van der Waals surface area contributed by atoms with E-state index in [9.17, 15) is 4.39 Å². The Balaban J connectivity index is 2.21. The Hall–Kier alpha value is -1.42. The van der Waals surface area contributed by atoms with E-state index in [0.717, 1.165) is 18.7 Å². The predicted octanol–water partition coefficient (Wildman–Crippen LogP) is 2.34. The number of hydrogen-bond acceptors (Lipinski definition) is 2. The zero-order valence-corrected chi connectivity index (χ0v) is 10.9. The minimum atomic E-state index is -0.341. The molecule has 0 aliphatic carbocycles. The first-order valence-corrected chi connectivity index (χ1v) is 6.34. The fraction of sp³-hybridized carbons (Fsp3) is 0.500. The molecule has 2 unspecified atom stereocenters. The molecule has 4 heteroatoms. The standard InChI is InChI=1S/C14H20FN3/c1-9-5-10(2)18(7-9)8-11-3-4-12(15)6-13(11)14(16)17/h3-4,6,9-10H,5,7-8H2,1-2H3,(H3,16,17). The first-order chi connectivity index (χ1) is 8.47. The van der Waals surface area contributed by atoms with Crippen LogP contribution in [0.25, 0.3) is 0 Å². The number of nitrogens with one attached hydrogen (secondary N) is 1. The van der Waals surface area contributed by atoms with E-state index >= 15 is 0 Å². The van der Waals surface area contributed by atoms with Gasteiger partial charge >= 0.3 is 0 Å². The lowest BCUT2D eigenvalue weighted by atomic mass is 10.1. The summed E-state index contributed by atoms with van der Waals surface area (Å²) in [5.41, 5.74) is 6.97. The Kier molecular flexibility index (Phi) is 3.66. The number of likely N-dealkylation sites (tertiary alicyclic amines) is 1. The molecule has 0 radical (unpaired) electrons. The third kappa shape index (κ3) is 2.70. The molecule has 1 aromatic rings. The molecule has 98 valence electrons. The molecule has 0 spiro atoms. The van der Waals surface area contributed by atoms with E-state index in [-0.39, 0.29) is 11.7 Å². The van der Waals surface area contributed by atoms with Crippen LogP contribution >= 0.6 is 0 Å². The molecule has 1 heterocycles. The lowest BCUT2D eigenvalue weighted by Gasteiger charge is -2.22. The number of nitrogens with zero attached hydrogens (tertiary/aromatic N) is 1. The monoisotopic (exact) mass is 249 g/mol. The SMILES string of the molecule is CC1CC(C)N(Cc2ccc(F)cc2C(=N)N)C1. The van der Waals surface area contributed by atoms with Crippen LogP contribution in [0.3, 0.4) is 0 Å². The second kappa shape index (κ2) is 5.06. The fourth-order valence-corrected chi connectivity index (χ4v) is 2.76. The summed E-state index contributed by atoms with van der Waals surface area (Å²) in [5.74, 6) is 0.289. The summed E-state index contributed by atoms with van der Waals surface area (Å²) in [4.78, 5) is 2.37. The summed E-state index contributed by atoms with van der Waals surface area (Å²) in [7, 11) is 0. The minimum Gasteiger partial charge on any atom is -0.384 e. The normalized spacial score (nSPS) is 24.4. The van der Waals surface area contributed by atoms with Crippen molar-refractivity contribution in [2.45, 2.75) is 32.9 Å². The third-order valence-electron chi connectivity index (χ3n) is 3.65. The van der Waals surface area contributed by atoms with Gasteiger partial charge in [-0.3, -0.25) is 10.3 Å². The molecule has 2 rings (SSSR count). The highest BCUT2D eigenvalue weighted by Gasteiger charge is 2.26. The maximum Gasteiger partial charge on any atom is 0.123 e. The van der Waals surface area contributed by atoms with Crippen molar-refractivity contribution in [1.29, 1.82) is 5.41 Å². The summed E-state index contributed by atoms with van der Waals surface area (Å²) in [5, 5.41) is 7.53. The van der Waals surface area contributed by atoms with Crippen LogP contribution in [0, 0.1) is 17.1 Å². The van der Waals surface area contributed by atoms with Gasteiger partial charge in [0.15, 0.2) is 0 Å². The van der Waals surface area contributed by atoms with Crippen LogP contribution in [-0.4, -0.2) is 23.3 Å². The Morgan fingerprint density at radius 2 is 2.22 bits per heavy atom. The maximum absolute atomic E-state index is 13.2. The predicted molar refractivity (Wildman–Crippen MR) is 71.1 cm³/mol. The molecular weight excluding hydrogens is 229 g/mol. The van der Waals surface area contributed by atoms with Crippen LogP contribution in [-0.2, 0) is 6.54 Å². The van der Waals surface area contributed by atoms with E-state index < -0.39 is 0 Å². The first-order valence-electron chi connectivity index (χ1n) is 6.34. The summed E-state index contributed by atoms with van der Waals surface area (Å²) in [6.45, 7) is 6.24. The van der Waals surface area contributed by atoms with E-state index in [0.29, 0.717) is 17.5 Å². The quantitative estimate of drug-likeness (QED) is 0.638. The second-order valence-electron chi connectivity index (χ2n) is 5.33. The first kappa shape index (κ1) is 13.0. The van der Waals surface area contributed by atoms with Crippen molar-refractivity contribution in [3.63, 3.8) is 0 Å². The highest BCUT2D eigenvalue weighted by atomic mass is 19.1. The van der Waals surface area contributed by atoms with Crippen molar-refractivity contribution in [1.82, 2.24) is 4.90 Å². The van der Waals surface area contributed by atoms with Crippen LogP contribution in [0.2, 0.25) is 0 Å². The molecule has 1 fully saturated rings. The van der Waals surface area contributed by atoms with E-state index in [4.69, 9.17) is 11.1 Å². The van der Waals surface area contributed by atoms with Gasteiger partial charge in [0, 0.05) is 24.7 Å². The van der Waals surface area contributed by atoms with Crippen molar-refractivity contribution in [3.05, 3.63) is 35.1 Å².